The monoisotopic (exact) mass is 924 g/mol. The number of fused-ring (bicyclic) bond motifs is 4. The van der Waals surface area contributed by atoms with E-state index in [1.807, 2.05) is 0 Å². The molecule has 9 aromatic carbocycles. The minimum absolute atomic E-state index is 0.301. The third kappa shape index (κ3) is 7.40. The van der Waals surface area contributed by atoms with Gasteiger partial charge in [0, 0.05) is 34.4 Å². The summed E-state index contributed by atoms with van der Waals surface area (Å²) in [6.45, 7) is 2.44. The van der Waals surface area contributed by atoms with Gasteiger partial charge < -0.3 is 10.2 Å². The van der Waals surface area contributed by atoms with Gasteiger partial charge in [-0.2, -0.15) is 0 Å². The Kier molecular flexibility index (Phi) is 11.1. The van der Waals surface area contributed by atoms with Crippen LogP contribution in [-0.4, -0.2) is 0 Å². The number of rotatable bonds is 10. The van der Waals surface area contributed by atoms with Gasteiger partial charge in [-0.25, -0.2) is 0 Å². The summed E-state index contributed by atoms with van der Waals surface area (Å²) in [5.41, 5.74) is 25.0. The van der Waals surface area contributed by atoms with Gasteiger partial charge in [0.1, 0.15) is 0 Å². The van der Waals surface area contributed by atoms with Crippen LogP contribution < -0.4 is 10.2 Å². The maximum Gasteiger partial charge on any atom is 0.0714 e. The van der Waals surface area contributed by atoms with Gasteiger partial charge in [0.15, 0.2) is 0 Å². The van der Waals surface area contributed by atoms with E-state index < -0.39 is 5.41 Å². The van der Waals surface area contributed by atoms with E-state index in [-0.39, 0.29) is 0 Å². The first kappa shape index (κ1) is 43.6. The molecular formula is C70H56N2. The van der Waals surface area contributed by atoms with Gasteiger partial charge in [0.2, 0.25) is 0 Å². The predicted molar refractivity (Wildman–Crippen MR) is 302 cm³/mol. The molecule has 346 valence electrons. The van der Waals surface area contributed by atoms with Crippen molar-refractivity contribution in [1.29, 1.82) is 0 Å². The van der Waals surface area contributed by atoms with Crippen LogP contribution in [0.3, 0.4) is 0 Å². The molecule has 13 rings (SSSR count). The first-order valence-corrected chi connectivity index (χ1v) is 25.8. The second-order valence-corrected chi connectivity index (χ2v) is 19.9. The molecule has 2 nitrogen and oxygen atoms in total. The number of nitrogens with zero attached hydrogens (tertiary/aromatic N) is 1. The number of hydrogen-bond donors (Lipinski definition) is 1. The van der Waals surface area contributed by atoms with Gasteiger partial charge in [-0.05, 0) is 170 Å². The van der Waals surface area contributed by atoms with Crippen molar-refractivity contribution in [3.63, 3.8) is 0 Å². The number of para-hydroxylation sites is 1. The molecule has 0 aliphatic heterocycles. The Bertz CT molecular complexity index is 3560. The molecule has 2 heteroatoms. The topological polar surface area (TPSA) is 15.3 Å². The van der Waals surface area contributed by atoms with Crippen molar-refractivity contribution >= 4 is 28.4 Å². The molecule has 0 saturated carbocycles. The van der Waals surface area contributed by atoms with Crippen LogP contribution in [0.25, 0.3) is 33.4 Å². The summed E-state index contributed by atoms with van der Waals surface area (Å²) in [5.74, 6) is 0.704. The fraction of sp³-hybridized carbons (Fsp3) is 0.114. The molecule has 2 atom stereocenters. The lowest BCUT2D eigenvalue weighted by atomic mass is 9.65. The minimum Gasteiger partial charge on any atom is -0.355 e. The fourth-order valence-corrected chi connectivity index (χ4v) is 12.7. The average Bonchev–Trinajstić information content (AvgIpc) is 3.75. The van der Waals surface area contributed by atoms with Crippen LogP contribution in [0.5, 0.6) is 0 Å². The summed E-state index contributed by atoms with van der Waals surface area (Å²) in [6.07, 6.45) is 14.2. The Morgan fingerprint density at radius 1 is 0.431 bits per heavy atom. The lowest BCUT2D eigenvalue weighted by molar-refractivity contribution is 0.564. The Labute approximate surface area is 424 Å². The van der Waals surface area contributed by atoms with Crippen LogP contribution in [-0.2, 0) is 5.41 Å². The van der Waals surface area contributed by atoms with Gasteiger partial charge in [0.05, 0.1) is 5.41 Å². The van der Waals surface area contributed by atoms with Crippen LogP contribution in [0, 0.1) is 5.92 Å². The lowest BCUT2D eigenvalue weighted by Crippen LogP contribution is -2.28. The number of allylic oxidation sites excluding steroid dienone is 8. The summed E-state index contributed by atoms with van der Waals surface area (Å²) in [6, 6.07) is 85.0. The smallest absolute Gasteiger partial charge is 0.0714 e. The molecule has 0 fully saturated rings. The number of benzene rings is 9. The SMILES string of the molecule is CC1C2=C(CCC=C2)C2=C(C=CCC2)C1c1ccccc1Nc1ccc(-c2cccc(N(c3ccc(-c4ccccc4)cc3)c3ccc4c(c3)C(c3ccccc3)(c3ccccc3)c3ccccc3-4)c2)cc1. The minimum atomic E-state index is -0.513. The molecular weight excluding hydrogens is 869 g/mol. The highest BCUT2D eigenvalue weighted by molar-refractivity contribution is 5.90. The lowest BCUT2D eigenvalue weighted by Gasteiger charge is -2.39. The highest BCUT2D eigenvalue weighted by atomic mass is 15.1. The van der Waals surface area contributed by atoms with E-state index in [0.29, 0.717) is 11.8 Å². The molecule has 9 aromatic rings. The van der Waals surface area contributed by atoms with Crippen molar-refractivity contribution in [1.82, 2.24) is 0 Å². The molecule has 4 aliphatic carbocycles. The van der Waals surface area contributed by atoms with Gasteiger partial charge in [0.25, 0.3) is 0 Å². The van der Waals surface area contributed by atoms with Gasteiger partial charge in [-0.3, -0.25) is 0 Å². The van der Waals surface area contributed by atoms with E-state index in [0.717, 1.165) is 54.0 Å². The van der Waals surface area contributed by atoms with Crippen molar-refractivity contribution in [2.75, 3.05) is 10.2 Å². The van der Waals surface area contributed by atoms with Gasteiger partial charge in [-0.1, -0.05) is 207 Å². The van der Waals surface area contributed by atoms with E-state index in [1.54, 1.807) is 16.7 Å². The zero-order valence-electron chi connectivity index (χ0n) is 40.7. The summed E-state index contributed by atoms with van der Waals surface area (Å²) in [4.78, 5) is 2.44. The molecule has 0 bridgehead atoms. The standard InChI is InChI=1S/C70H56N2/c1-48-59-28-11-12-29-60(59)61-30-13-14-32-64(61)69(48)65-33-16-18-35-68(65)71-55-40-36-51(37-41-55)52-22-19-27-57(46-52)72(56-42-38-50(39-43-56)49-20-5-2-6-21-49)58-44-45-63-62-31-15-17-34-66(62)70(67(63)47-58,53-23-7-3-8-24-53)54-25-9-4-10-26-54/h2-11,14-28,31-48,69,71H,12-13,29-30H2,1H3. The first-order valence-electron chi connectivity index (χ1n) is 25.8. The summed E-state index contributed by atoms with van der Waals surface area (Å²) >= 11 is 0. The predicted octanol–water partition coefficient (Wildman–Crippen LogP) is 18.6. The van der Waals surface area contributed by atoms with Crippen molar-refractivity contribution in [2.24, 2.45) is 5.92 Å². The van der Waals surface area contributed by atoms with Crippen LogP contribution >= 0.6 is 0 Å². The summed E-state index contributed by atoms with van der Waals surface area (Å²) < 4.78 is 0. The molecule has 4 aliphatic rings. The highest BCUT2D eigenvalue weighted by Crippen LogP contribution is 2.58. The third-order valence-electron chi connectivity index (χ3n) is 15.9. The Morgan fingerprint density at radius 2 is 0.972 bits per heavy atom. The van der Waals surface area contributed by atoms with Crippen LogP contribution in [0.15, 0.2) is 277 Å². The second-order valence-electron chi connectivity index (χ2n) is 19.9. The van der Waals surface area contributed by atoms with Gasteiger partial charge >= 0.3 is 0 Å². The van der Waals surface area contributed by atoms with E-state index in [1.165, 1.54) is 66.9 Å². The molecule has 0 heterocycles. The van der Waals surface area contributed by atoms with Crippen molar-refractivity contribution in [3.05, 3.63) is 305 Å². The average molecular weight is 925 g/mol. The number of anilines is 5. The van der Waals surface area contributed by atoms with E-state index in [4.69, 9.17) is 0 Å². The van der Waals surface area contributed by atoms with Crippen LogP contribution in [0.1, 0.15) is 66.3 Å². The first-order chi connectivity index (χ1) is 35.6. The Hall–Kier alpha value is -8.46. The Morgan fingerprint density at radius 3 is 1.71 bits per heavy atom. The largest absolute Gasteiger partial charge is 0.355 e. The van der Waals surface area contributed by atoms with Crippen molar-refractivity contribution < 1.29 is 0 Å². The van der Waals surface area contributed by atoms with Crippen LogP contribution in [0.4, 0.5) is 28.4 Å². The van der Waals surface area contributed by atoms with E-state index >= 15 is 0 Å². The molecule has 0 saturated heterocycles. The highest BCUT2D eigenvalue weighted by Gasteiger charge is 2.46. The molecule has 0 radical (unpaired) electrons. The zero-order valence-corrected chi connectivity index (χ0v) is 40.7. The summed E-state index contributed by atoms with van der Waals surface area (Å²) in [7, 11) is 0. The third-order valence-corrected chi connectivity index (χ3v) is 15.9. The fourth-order valence-electron chi connectivity index (χ4n) is 12.7. The number of hydrogen-bond acceptors (Lipinski definition) is 2. The maximum absolute atomic E-state index is 3.89. The molecule has 0 aromatic heterocycles. The van der Waals surface area contributed by atoms with Crippen molar-refractivity contribution in [2.45, 2.75) is 43.9 Å². The zero-order chi connectivity index (χ0) is 48.0. The second kappa shape index (κ2) is 18.4. The molecule has 2 unspecified atom stereocenters. The quantitative estimate of drug-likeness (QED) is 0.147. The Balaban J connectivity index is 0.882. The summed E-state index contributed by atoms with van der Waals surface area (Å²) in [5, 5.41) is 3.89. The molecule has 72 heavy (non-hydrogen) atoms. The normalized spacial score (nSPS) is 17.2. The molecule has 0 amide bonds. The maximum atomic E-state index is 3.89. The van der Waals surface area contributed by atoms with E-state index in [2.05, 4.69) is 272 Å². The molecule has 0 spiro atoms. The molecule has 1 N–H and O–H groups in total. The van der Waals surface area contributed by atoms with Gasteiger partial charge in [-0.15, -0.1) is 0 Å². The van der Waals surface area contributed by atoms with Crippen LogP contribution in [0.2, 0.25) is 0 Å². The number of nitrogens with one attached hydrogen (secondary N) is 1. The van der Waals surface area contributed by atoms with Crippen molar-refractivity contribution in [3.8, 4) is 33.4 Å². The van der Waals surface area contributed by atoms with E-state index in [9.17, 15) is 0 Å².